The molecule has 3 N–H and O–H groups in total. The Labute approximate surface area is 252 Å². The molecule has 4 heterocycles. The summed E-state index contributed by atoms with van der Waals surface area (Å²) >= 11 is 0. The SMILES string of the molecule is C/C(=C\c1c(-n2cc(F)c3c(c2=O)CCN3)ccnc1C)CN1CCC(c2c(N)cc(C(=O)N(C)C)cc2F)CC1.CC. The van der Waals surface area contributed by atoms with Gasteiger partial charge in [0.15, 0.2) is 5.82 Å². The van der Waals surface area contributed by atoms with Gasteiger partial charge in [-0.3, -0.25) is 24.0 Å². The van der Waals surface area contributed by atoms with Crippen molar-refractivity contribution in [2.45, 2.75) is 52.9 Å². The Morgan fingerprint density at radius 1 is 1.19 bits per heavy atom. The molecule has 8 nitrogen and oxygen atoms in total. The lowest BCUT2D eigenvalue weighted by molar-refractivity contribution is 0.0827. The van der Waals surface area contributed by atoms with Crippen LogP contribution in [0.2, 0.25) is 0 Å². The number of piperidine rings is 1. The third-order valence-electron chi connectivity index (χ3n) is 8.04. The molecule has 3 aromatic rings. The van der Waals surface area contributed by atoms with Gasteiger partial charge in [0, 0.05) is 67.0 Å². The van der Waals surface area contributed by atoms with Crippen molar-refractivity contribution in [1.82, 2.24) is 19.4 Å². The maximum absolute atomic E-state index is 15.1. The van der Waals surface area contributed by atoms with E-state index in [-0.39, 0.29) is 22.9 Å². The summed E-state index contributed by atoms with van der Waals surface area (Å²) in [4.78, 5) is 33.6. The molecule has 230 valence electrons. The molecule has 0 spiro atoms. The van der Waals surface area contributed by atoms with Crippen molar-refractivity contribution in [1.29, 1.82) is 0 Å². The Kier molecular flexibility index (Phi) is 10.0. The van der Waals surface area contributed by atoms with E-state index in [1.807, 2.05) is 33.8 Å². The Balaban J connectivity index is 0.00000207. The topological polar surface area (TPSA) is 96.5 Å². The van der Waals surface area contributed by atoms with Gasteiger partial charge in [-0.25, -0.2) is 8.78 Å². The normalized spacial score (nSPS) is 15.4. The van der Waals surface area contributed by atoms with E-state index in [0.717, 1.165) is 42.8 Å². The van der Waals surface area contributed by atoms with Crippen LogP contribution in [-0.4, -0.2) is 65.5 Å². The van der Waals surface area contributed by atoms with Crippen molar-refractivity contribution < 1.29 is 13.6 Å². The average molecular weight is 593 g/mol. The molecule has 1 saturated heterocycles. The molecule has 0 atom stereocenters. The van der Waals surface area contributed by atoms with Crippen molar-refractivity contribution in [3.8, 4) is 5.69 Å². The van der Waals surface area contributed by atoms with Crippen LogP contribution in [-0.2, 0) is 6.42 Å². The molecule has 5 rings (SSSR count). The maximum atomic E-state index is 15.1. The fourth-order valence-electron chi connectivity index (χ4n) is 5.98. The number of hydrogen-bond acceptors (Lipinski definition) is 6. The van der Waals surface area contributed by atoms with Crippen LogP contribution in [0.5, 0.6) is 0 Å². The van der Waals surface area contributed by atoms with Gasteiger partial charge < -0.3 is 16.0 Å². The molecule has 0 bridgehead atoms. The fourth-order valence-corrected chi connectivity index (χ4v) is 5.98. The first-order valence-electron chi connectivity index (χ1n) is 14.9. The minimum atomic E-state index is -0.447. The number of benzene rings is 1. The third kappa shape index (κ3) is 6.64. The van der Waals surface area contributed by atoms with Gasteiger partial charge in [0.25, 0.3) is 11.5 Å². The number of nitrogens with two attached hydrogens (primary N) is 1. The molecule has 0 unspecified atom stereocenters. The van der Waals surface area contributed by atoms with E-state index >= 15 is 4.39 Å². The number of nitrogens with zero attached hydrogens (tertiary/aromatic N) is 4. The third-order valence-corrected chi connectivity index (χ3v) is 8.04. The zero-order valence-electron chi connectivity index (χ0n) is 25.9. The van der Waals surface area contributed by atoms with Crippen molar-refractivity contribution in [3.05, 3.63) is 86.1 Å². The van der Waals surface area contributed by atoms with Crippen LogP contribution in [0.1, 0.15) is 72.3 Å². The highest BCUT2D eigenvalue weighted by atomic mass is 19.1. The van der Waals surface area contributed by atoms with E-state index < -0.39 is 11.6 Å². The molecule has 0 radical (unpaired) electrons. The number of likely N-dealkylation sites (tertiary alicyclic amines) is 1. The second-order valence-electron chi connectivity index (χ2n) is 11.2. The molecule has 1 fully saturated rings. The second kappa shape index (κ2) is 13.5. The van der Waals surface area contributed by atoms with Crippen molar-refractivity contribution in [2.24, 2.45) is 0 Å². The van der Waals surface area contributed by atoms with E-state index in [4.69, 9.17) is 5.73 Å². The van der Waals surface area contributed by atoms with Gasteiger partial charge in [0.05, 0.1) is 17.6 Å². The number of nitrogen functional groups attached to an aromatic ring is 1. The fraction of sp³-hybridized carbons (Fsp3) is 0.424. The molecule has 43 heavy (non-hydrogen) atoms. The van der Waals surface area contributed by atoms with Crippen LogP contribution >= 0.6 is 0 Å². The van der Waals surface area contributed by atoms with Crippen LogP contribution in [0, 0.1) is 18.6 Å². The van der Waals surface area contributed by atoms with E-state index in [2.05, 4.69) is 15.2 Å². The number of carbonyl (C=O) groups excluding carboxylic acids is 1. The number of rotatable bonds is 6. The average Bonchev–Trinajstić information content (AvgIpc) is 3.48. The van der Waals surface area contributed by atoms with Crippen molar-refractivity contribution in [2.75, 3.05) is 51.3 Å². The zero-order chi connectivity index (χ0) is 31.4. The van der Waals surface area contributed by atoms with Crippen LogP contribution in [0.15, 0.2) is 41.0 Å². The first-order chi connectivity index (χ1) is 20.5. The number of nitrogens with one attached hydrogen (secondary N) is 1. The van der Waals surface area contributed by atoms with Crippen LogP contribution < -0.4 is 16.6 Å². The number of carbonyl (C=O) groups is 1. The predicted octanol–water partition coefficient (Wildman–Crippen LogP) is 5.38. The Bertz CT molecular complexity index is 1570. The number of fused-ring (bicyclic) bond motifs is 1. The Morgan fingerprint density at radius 2 is 1.88 bits per heavy atom. The zero-order valence-corrected chi connectivity index (χ0v) is 25.9. The molecule has 2 aromatic heterocycles. The standard InChI is InChI=1S/C31H36F2N6O2.C2H6/c1-18(13-23-19(2)35-10-6-27(23)39-17-25(33)29-22(31(39)41)5-9-36-29)16-38-11-7-20(8-12-38)28-24(32)14-21(15-26(28)34)30(40)37(3)4;1-2/h6,10,13-15,17,20,36H,5,7-9,11-12,16,34H2,1-4H3;1-2H3/b18-13+;. The minimum absolute atomic E-state index is 0.0257. The molecule has 10 heteroatoms. The molecular weight excluding hydrogens is 550 g/mol. The monoisotopic (exact) mass is 592 g/mol. The van der Waals surface area contributed by atoms with Crippen LogP contribution in [0.3, 0.4) is 0 Å². The first kappa shape index (κ1) is 31.9. The van der Waals surface area contributed by atoms with Crippen molar-refractivity contribution >= 4 is 23.4 Å². The lowest BCUT2D eigenvalue weighted by Gasteiger charge is -2.33. The molecule has 2 aliphatic rings. The van der Waals surface area contributed by atoms with Crippen LogP contribution in [0.4, 0.5) is 20.2 Å². The number of aromatic nitrogens is 2. The lowest BCUT2D eigenvalue weighted by atomic mass is 9.87. The predicted molar refractivity (Wildman–Crippen MR) is 169 cm³/mol. The molecule has 0 saturated carbocycles. The number of halogens is 2. The number of anilines is 2. The van der Waals surface area contributed by atoms with Gasteiger partial charge in [-0.05, 0) is 70.3 Å². The molecule has 1 aromatic carbocycles. The van der Waals surface area contributed by atoms with E-state index in [0.29, 0.717) is 47.7 Å². The Morgan fingerprint density at radius 3 is 2.53 bits per heavy atom. The summed E-state index contributed by atoms with van der Waals surface area (Å²) in [5, 5.41) is 2.96. The van der Waals surface area contributed by atoms with Gasteiger partial charge in [0.1, 0.15) is 5.82 Å². The minimum Gasteiger partial charge on any atom is -0.398 e. The number of pyridine rings is 2. The van der Waals surface area contributed by atoms with Gasteiger partial charge in [-0.15, -0.1) is 0 Å². The summed E-state index contributed by atoms with van der Waals surface area (Å²) < 4.78 is 31.3. The van der Waals surface area contributed by atoms with E-state index in [1.54, 1.807) is 32.4 Å². The van der Waals surface area contributed by atoms with Gasteiger partial charge in [0.2, 0.25) is 0 Å². The highest BCUT2D eigenvalue weighted by Crippen LogP contribution is 2.35. The quantitative estimate of drug-likeness (QED) is 0.373. The van der Waals surface area contributed by atoms with E-state index in [1.165, 1.54) is 21.7 Å². The summed E-state index contributed by atoms with van der Waals surface area (Å²) in [6.45, 7) is 10.6. The second-order valence-corrected chi connectivity index (χ2v) is 11.2. The van der Waals surface area contributed by atoms with Gasteiger partial charge in [-0.1, -0.05) is 25.5 Å². The lowest BCUT2D eigenvalue weighted by Crippen LogP contribution is -2.34. The number of hydrogen-bond donors (Lipinski definition) is 2. The van der Waals surface area contributed by atoms with Gasteiger partial charge in [-0.2, -0.15) is 0 Å². The van der Waals surface area contributed by atoms with Crippen molar-refractivity contribution in [3.63, 3.8) is 0 Å². The summed E-state index contributed by atoms with van der Waals surface area (Å²) in [6, 6.07) is 4.60. The summed E-state index contributed by atoms with van der Waals surface area (Å²) in [5.41, 5.74) is 11.0. The summed E-state index contributed by atoms with van der Waals surface area (Å²) in [5.74, 6) is -1.19. The molecule has 1 amide bonds. The smallest absolute Gasteiger partial charge is 0.260 e. The highest BCUT2D eigenvalue weighted by Gasteiger charge is 2.27. The highest BCUT2D eigenvalue weighted by molar-refractivity contribution is 5.95. The summed E-state index contributed by atoms with van der Waals surface area (Å²) in [7, 11) is 3.24. The van der Waals surface area contributed by atoms with Crippen LogP contribution in [0.25, 0.3) is 11.8 Å². The largest absolute Gasteiger partial charge is 0.398 e. The van der Waals surface area contributed by atoms with E-state index in [9.17, 15) is 14.0 Å². The molecule has 2 aliphatic heterocycles. The summed E-state index contributed by atoms with van der Waals surface area (Å²) in [6.07, 6.45) is 6.86. The first-order valence-corrected chi connectivity index (χ1v) is 14.9. The molecular formula is C33H42F2N6O2. The van der Waals surface area contributed by atoms with Gasteiger partial charge >= 0.3 is 0 Å². The number of aryl methyl sites for hydroxylation is 1. The molecule has 0 aliphatic carbocycles. The number of amides is 1. The maximum Gasteiger partial charge on any atom is 0.260 e. The Hall–Kier alpha value is -4.05.